The highest BCUT2D eigenvalue weighted by Gasteiger charge is 2.46. The van der Waals surface area contributed by atoms with Crippen LogP contribution in [-0.4, -0.2) is 78.1 Å². The normalized spacial score (nSPS) is 23.4. The Morgan fingerprint density at radius 3 is 2.34 bits per heavy atom. The van der Waals surface area contributed by atoms with Crippen molar-refractivity contribution in [1.29, 1.82) is 0 Å². The van der Waals surface area contributed by atoms with Crippen molar-refractivity contribution in [2.24, 2.45) is 5.92 Å². The Balaban J connectivity index is 1.87. The number of aryl methyl sites for hydroxylation is 1. The number of likely N-dealkylation sites (tertiary alicyclic amines) is 1. The fourth-order valence-electron chi connectivity index (χ4n) is 4.88. The lowest BCUT2D eigenvalue weighted by Crippen LogP contribution is -2.48. The molecule has 0 saturated carbocycles. The van der Waals surface area contributed by atoms with Gasteiger partial charge in [0.1, 0.15) is 5.60 Å². The Morgan fingerprint density at radius 1 is 1.12 bits per heavy atom. The Labute approximate surface area is 248 Å². The first-order valence-corrected chi connectivity index (χ1v) is 19.2. The number of sulfonamides is 1. The molecule has 1 amide bonds. The number of hydrogen-bond donors (Lipinski definition) is 1. The third kappa shape index (κ3) is 9.76. The molecule has 41 heavy (non-hydrogen) atoms. The fraction of sp³-hybridized carbons (Fsp3) is 0.767. The average molecular weight is 613 g/mol. The van der Waals surface area contributed by atoms with Crippen LogP contribution < -0.4 is 4.72 Å². The average Bonchev–Trinajstić information content (AvgIpc) is 3.26. The first-order chi connectivity index (χ1) is 18.9. The van der Waals surface area contributed by atoms with E-state index in [1.54, 1.807) is 29.2 Å². The summed E-state index contributed by atoms with van der Waals surface area (Å²) in [5.41, 5.74) is 0.309. The molecule has 0 radical (unpaired) electrons. The fourth-order valence-corrected chi connectivity index (χ4v) is 7.33. The summed E-state index contributed by atoms with van der Waals surface area (Å²) in [6, 6.07) is 6.41. The first kappa shape index (κ1) is 34.0. The van der Waals surface area contributed by atoms with Gasteiger partial charge in [-0.3, -0.25) is 0 Å². The molecule has 1 N–H and O–H groups in total. The van der Waals surface area contributed by atoms with E-state index in [9.17, 15) is 13.2 Å². The molecule has 234 valence electrons. The number of amides is 1. The molecule has 2 aliphatic heterocycles. The molecule has 0 spiro atoms. The van der Waals surface area contributed by atoms with Gasteiger partial charge in [0.15, 0.2) is 14.6 Å². The number of nitrogens with one attached hydrogen (secondary N) is 1. The van der Waals surface area contributed by atoms with Gasteiger partial charge in [-0.15, -0.1) is 0 Å². The summed E-state index contributed by atoms with van der Waals surface area (Å²) in [4.78, 5) is 15.4. The van der Waals surface area contributed by atoms with Crippen LogP contribution in [0.3, 0.4) is 0 Å². The highest BCUT2D eigenvalue weighted by molar-refractivity contribution is 7.89. The quantitative estimate of drug-likeness (QED) is 0.332. The first-order valence-electron chi connectivity index (χ1n) is 14.8. The molecule has 1 aromatic rings. The zero-order chi connectivity index (χ0) is 30.6. The van der Waals surface area contributed by atoms with Gasteiger partial charge in [0.05, 0.1) is 17.6 Å². The van der Waals surface area contributed by atoms with Crippen LogP contribution in [0.15, 0.2) is 29.2 Å². The molecule has 0 bridgehead atoms. The van der Waals surface area contributed by atoms with Crippen molar-refractivity contribution in [3.63, 3.8) is 0 Å². The van der Waals surface area contributed by atoms with E-state index >= 15 is 0 Å². The van der Waals surface area contributed by atoms with Crippen LogP contribution in [-0.2, 0) is 28.7 Å². The van der Waals surface area contributed by atoms with Gasteiger partial charge >= 0.3 is 6.09 Å². The second-order valence-corrected chi connectivity index (χ2v) is 20.5. The molecule has 3 rings (SSSR count). The highest BCUT2D eigenvalue weighted by Crippen LogP contribution is 2.40. The van der Waals surface area contributed by atoms with E-state index < -0.39 is 30.0 Å². The van der Waals surface area contributed by atoms with E-state index in [1.807, 2.05) is 27.7 Å². The zero-order valence-electron chi connectivity index (χ0n) is 26.5. The van der Waals surface area contributed by atoms with Crippen molar-refractivity contribution in [3.8, 4) is 0 Å². The van der Waals surface area contributed by atoms with Gasteiger partial charge in [-0.05, 0) is 83.6 Å². The molecule has 9 nitrogen and oxygen atoms in total. The molecule has 2 unspecified atom stereocenters. The van der Waals surface area contributed by atoms with E-state index in [0.717, 1.165) is 24.8 Å². The predicted octanol–water partition coefficient (Wildman–Crippen LogP) is 5.83. The number of carbonyl (C=O) groups is 1. The summed E-state index contributed by atoms with van der Waals surface area (Å²) >= 11 is 0. The van der Waals surface area contributed by atoms with E-state index in [2.05, 4.69) is 38.6 Å². The van der Waals surface area contributed by atoms with Gasteiger partial charge in [-0.1, -0.05) is 38.5 Å². The maximum Gasteiger partial charge on any atom is 0.410 e. The van der Waals surface area contributed by atoms with Crippen molar-refractivity contribution >= 4 is 24.4 Å². The summed E-state index contributed by atoms with van der Waals surface area (Å²) in [6.07, 6.45) is 2.43. The number of rotatable bonds is 10. The minimum absolute atomic E-state index is 0.00629. The molecular weight excluding hydrogens is 560 g/mol. The molecule has 2 heterocycles. The molecule has 4 atom stereocenters. The van der Waals surface area contributed by atoms with Gasteiger partial charge in [0.25, 0.3) is 0 Å². The lowest BCUT2D eigenvalue weighted by molar-refractivity contribution is -0.171. The van der Waals surface area contributed by atoms with Gasteiger partial charge in [0.2, 0.25) is 10.0 Å². The second-order valence-electron chi connectivity index (χ2n) is 14.0. The second kappa shape index (κ2) is 13.4. The molecule has 1 aromatic carbocycles. The number of carbonyl (C=O) groups excluding carboxylic acids is 1. The van der Waals surface area contributed by atoms with Crippen LogP contribution in [0.25, 0.3) is 0 Å². The van der Waals surface area contributed by atoms with Crippen LogP contribution in [0, 0.1) is 12.8 Å². The molecule has 2 aliphatic rings. The number of hydrogen-bond acceptors (Lipinski definition) is 7. The number of ether oxygens (including phenoxy) is 3. The topological polar surface area (TPSA) is 103 Å². The van der Waals surface area contributed by atoms with Gasteiger partial charge in [-0.2, -0.15) is 0 Å². The Bertz CT molecular complexity index is 1110. The van der Waals surface area contributed by atoms with Gasteiger partial charge in [0, 0.05) is 31.7 Å². The van der Waals surface area contributed by atoms with Gasteiger partial charge < -0.3 is 23.5 Å². The lowest BCUT2D eigenvalue weighted by Gasteiger charge is -2.38. The monoisotopic (exact) mass is 612 g/mol. The Kier molecular flexibility index (Phi) is 11.1. The van der Waals surface area contributed by atoms with Crippen LogP contribution in [0.5, 0.6) is 0 Å². The summed E-state index contributed by atoms with van der Waals surface area (Å²) in [5, 5.41) is 0.00629. The summed E-state index contributed by atoms with van der Waals surface area (Å²) in [6.45, 7) is 19.8. The van der Waals surface area contributed by atoms with E-state index in [-0.39, 0.29) is 47.4 Å². The van der Waals surface area contributed by atoms with Crippen molar-refractivity contribution in [2.75, 3.05) is 26.3 Å². The molecule has 0 aromatic heterocycles. The molecular formula is C30H52N2O7SSi. The predicted molar refractivity (Wildman–Crippen MR) is 163 cm³/mol. The maximum absolute atomic E-state index is 13.5. The maximum atomic E-state index is 13.5. The van der Waals surface area contributed by atoms with E-state index in [4.69, 9.17) is 18.6 Å². The van der Waals surface area contributed by atoms with E-state index in [0.29, 0.717) is 19.6 Å². The molecule has 2 saturated heterocycles. The summed E-state index contributed by atoms with van der Waals surface area (Å²) in [7, 11) is -5.90. The lowest BCUT2D eigenvalue weighted by atomic mass is 9.98. The third-order valence-electron chi connectivity index (χ3n) is 8.25. The van der Waals surface area contributed by atoms with Gasteiger partial charge in [-0.25, -0.2) is 17.9 Å². The summed E-state index contributed by atoms with van der Waals surface area (Å²) in [5.74, 6) is -0.346. The zero-order valence-corrected chi connectivity index (χ0v) is 28.3. The van der Waals surface area contributed by atoms with E-state index in [1.165, 1.54) is 0 Å². The molecule has 11 heteroatoms. The van der Waals surface area contributed by atoms with Crippen molar-refractivity contribution < 1.29 is 31.8 Å². The smallest absolute Gasteiger partial charge is 0.410 e. The SMILES string of the molecule is Cc1ccc(S(=O)(=O)NCC(COC2CCCCO2)[C@@H]2C[C@@H](O[Si](C)(C)C(C)(C)C)CN2C(=O)OC(C)(C)C)cc1. The minimum atomic E-state index is -3.77. The van der Waals surface area contributed by atoms with Crippen molar-refractivity contribution in [2.45, 2.75) is 121 Å². The Morgan fingerprint density at radius 2 is 1.78 bits per heavy atom. The standard InChI is InChI=1S/C30H52N2O7SSi/c1-22-13-15-25(16-14-22)40(34,35)31-19-23(21-37-27-12-10-11-17-36-27)26-18-24(39-41(8,9)30(5,6)7)20-32(26)28(33)38-29(2,3)4/h13-16,23-24,26-27,31H,10-12,17-21H2,1-9H3/t23?,24-,26+,27?/m1/s1. The van der Waals surface area contributed by atoms with Crippen LogP contribution >= 0.6 is 0 Å². The Hall–Kier alpha value is -1.50. The van der Waals surface area contributed by atoms with Crippen LogP contribution in [0.4, 0.5) is 4.79 Å². The molecule has 0 aliphatic carbocycles. The summed E-state index contributed by atoms with van der Waals surface area (Å²) < 4.78 is 53.8. The highest BCUT2D eigenvalue weighted by atomic mass is 32.2. The number of benzene rings is 1. The van der Waals surface area contributed by atoms with Crippen molar-refractivity contribution in [1.82, 2.24) is 9.62 Å². The third-order valence-corrected chi connectivity index (χ3v) is 14.2. The van der Waals surface area contributed by atoms with Crippen molar-refractivity contribution in [3.05, 3.63) is 29.8 Å². The molecule has 2 fully saturated rings. The number of nitrogens with zero attached hydrogens (tertiary/aromatic N) is 1. The minimum Gasteiger partial charge on any atom is -0.444 e. The van der Waals surface area contributed by atoms with Crippen LogP contribution in [0.2, 0.25) is 18.1 Å². The van der Waals surface area contributed by atoms with Crippen LogP contribution in [0.1, 0.15) is 72.8 Å². The largest absolute Gasteiger partial charge is 0.444 e.